The lowest BCUT2D eigenvalue weighted by atomic mass is 10.2. The van der Waals surface area contributed by atoms with E-state index in [1.807, 2.05) is 0 Å². The van der Waals surface area contributed by atoms with Crippen molar-refractivity contribution >= 4 is 12.1 Å². The standard InChI is InChI=1S/C10H13N5O2/c16-9-12-5-8-6-13(3-4-15(8)9)10(17)14-2-1-11-7-14/h1-2,7-8H,3-6H2,(H,12,16). The van der Waals surface area contributed by atoms with Crippen molar-refractivity contribution < 1.29 is 9.59 Å². The highest BCUT2D eigenvalue weighted by Crippen LogP contribution is 2.14. The number of nitrogens with zero attached hydrogens (tertiary/aromatic N) is 4. The highest BCUT2D eigenvalue weighted by molar-refractivity contribution is 5.79. The number of hydrogen-bond donors (Lipinski definition) is 1. The van der Waals surface area contributed by atoms with Gasteiger partial charge in [0.1, 0.15) is 6.33 Å². The van der Waals surface area contributed by atoms with Crippen LogP contribution < -0.4 is 5.32 Å². The van der Waals surface area contributed by atoms with Crippen LogP contribution in [0.15, 0.2) is 18.7 Å². The van der Waals surface area contributed by atoms with Gasteiger partial charge in [-0.15, -0.1) is 0 Å². The smallest absolute Gasteiger partial charge is 0.329 e. The Morgan fingerprint density at radius 2 is 2.35 bits per heavy atom. The second-order valence-corrected chi connectivity index (χ2v) is 4.23. The van der Waals surface area contributed by atoms with Crippen LogP contribution in [0.25, 0.3) is 0 Å². The highest BCUT2D eigenvalue weighted by Gasteiger charge is 2.37. The van der Waals surface area contributed by atoms with Crippen molar-refractivity contribution in [3.05, 3.63) is 18.7 Å². The normalized spacial score (nSPS) is 23.5. The summed E-state index contributed by atoms with van der Waals surface area (Å²) in [6, 6.07) is -0.00468. The summed E-state index contributed by atoms with van der Waals surface area (Å²) in [5.41, 5.74) is 0. The number of urea groups is 1. The molecule has 0 aromatic carbocycles. The van der Waals surface area contributed by atoms with Gasteiger partial charge < -0.3 is 15.1 Å². The second-order valence-electron chi connectivity index (χ2n) is 4.23. The third kappa shape index (κ3) is 1.63. The predicted molar refractivity (Wildman–Crippen MR) is 58.5 cm³/mol. The molecule has 0 spiro atoms. The fourth-order valence-corrected chi connectivity index (χ4v) is 2.31. The van der Waals surface area contributed by atoms with Crippen LogP contribution in [0, 0.1) is 0 Å². The molecule has 1 unspecified atom stereocenters. The van der Waals surface area contributed by atoms with Gasteiger partial charge >= 0.3 is 12.1 Å². The maximum Gasteiger partial charge on any atom is 0.329 e. The molecule has 1 aromatic rings. The van der Waals surface area contributed by atoms with Gasteiger partial charge in [-0.1, -0.05) is 0 Å². The summed E-state index contributed by atoms with van der Waals surface area (Å²) in [7, 11) is 0. The van der Waals surface area contributed by atoms with Crippen LogP contribution in [0.4, 0.5) is 9.59 Å². The van der Waals surface area contributed by atoms with Crippen molar-refractivity contribution in [3.63, 3.8) is 0 Å². The first-order chi connectivity index (χ1) is 8.25. The van der Waals surface area contributed by atoms with E-state index in [4.69, 9.17) is 0 Å². The number of piperazine rings is 1. The van der Waals surface area contributed by atoms with Crippen molar-refractivity contribution in [3.8, 4) is 0 Å². The Balaban J connectivity index is 1.71. The molecular weight excluding hydrogens is 222 g/mol. The third-order valence-corrected chi connectivity index (χ3v) is 3.23. The van der Waals surface area contributed by atoms with Crippen molar-refractivity contribution in [1.29, 1.82) is 0 Å². The lowest BCUT2D eigenvalue weighted by Gasteiger charge is -2.36. The zero-order valence-electron chi connectivity index (χ0n) is 9.24. The molecule has 3 heterocycles. The topological polar surface area (TPSA) is 70.5 Å². The number of imidazole rings is 1. The molecule has 3 rings (SSSR count). The number of hydrogen-bond acceptors (Lipinski definition) is 3. The molecule has 0 radical (unpaired) electrons. The summed E-state index contributed by atoms with van der Waals surface area (Å²) in [5, 5.41) is 2.79. The lowest BCUT2D eigenvalue weighted by molar-refractivity contribution is 0.130. The number of fused-ring (bicyclic) bond motifs is 1. The Kier molecular flexibility index (Phi) is 2.24. The number of rotatable bonds is 0. The van der Waals surface area contributed by atoms with Crippen molar-refractivity contribution in [2.24, 2.45) is 0 Å². The summed E-state index contributed by atoms with van der Waals surface area (Å²) in [4.78, 5) is 30.9. The Morgan fingerprint density at radius 3 is 3.12 bits per heavy atom. The first-order valence-electron chi connectivity index (χ1n) is 5.57. The van der Waals surface area contributed by atoms with E-state index in [0.29, 0.717) is 26.2 Å². The molecule has 1 N–H and O–H groups in total. The first kappa shape index (κ1) is 10.1. The Bertz CT molecular complexity index is 444. The number of nitrogens with one attached hydrogen (secondary N) is 1. The minimum absolute atomic E-state index is 0.0234. The van der Waals surface area contributed by atoms with Crippen LogP contribution in [0.3, 0.4) is 0 Å². The van der Waals surface area contributed by atoms with E-state index in [-0.39, 0.29) is 18.1 Å². The van der Waals surface area contributed by atoms with Crippen LogP contribution in [0.5, 0.6) is 0 Å². The average molecular weight is 235 g/mol. The molecule has 0 aliphatic carbocycles. The molecule has 1 atom stereocenters. The van der Waals surface area contributed by atoms with Gasteiger partial charge in [-0.05, 0) is 0 Å². The summed E-state index contributed by atoms with van der Waals surface area (Å²) >= 11 is 0. The minimum Gasteiger partial charge on any atom is -0.336 e. The Hall–Kier alpha value is -2.05. The van der Waals surface area contributed by atoms with E-state index in [9.17, 15) is 9.59 Å². The van der Waals surface area contributed by atoms with Crippen LogP contribution in [0.1, 0.15) is 0 Å². The van der Waals surface area contributed by atoms with E-state index < -0.39 is 0 Å². The van der Waals surface area contributed by atoms with Gasteiger partial charge in [0.05, 0.1) is 6.04 Å². The lowest BCUT2D eigenvalue weighted by Crippen LogP contribution is -2.54. The van der Waals surface area contributed by atoms with Crippen LogP contribution in [0.2, 0.25) is 0 Å². The van der Waals surface area contributed by atoms with Gasteiger partial charge in [-0.25, -0.2) is 14.6 Å². The zero-order valence-corrected chi connectivity index (χ0v) is 9.24. The van der Waals surface area contributed by atoms with Gasteiger partial charge in [-0.3, -0.25) is 4.57 Å². The molecule has 2 aliphatic rings. The molecule has 2 saturated heterocycles. The van der Waals surface area contributed by atoms with E-state index in [0.717, 1.165) is 0 Å². The highest BCUT2D eigenvalue weighted by atomic mass is 16.2. The molecule has 1 aromatic heterocycles. The van der Waals surface area contributed by atoms with Gasteiger partial charge in [0.25, 0.3) is 0 Å². The molecule has 2 fully saturated rings. The van der Waals surface area contributed by atoms with Crippen LogP contribution in [-0.2, 0) is 0 Å². The van der Waals surface area contributed by atoms with Gasteiger partial charge in [0, 0.05) is 38.6 Å². The van der Waals surface area contributed by atoms with E-state index in [2.05, 4.69) is 10.3 Å². The summed E-state index contributed by atoms with van der Waals surface area (Å²) in [6.45, 7) is 2.36. The van der Waals surface area contributed by atoms with Crippen LogP contribution >= 0.6 is 0 Å². The van der Waals surface area contributed by atoms with Crippen molar-refractivity contribution in [2.75, 3.05) is 26.2 Å². The number of amides is 3. The van der Waals surface area contributed by atoms with Gasteiger partial charge in [0.2, 0.25) is 0 Å². The van der Waals surface area contributed by atoms with Crippen molar-refractivity contribution in [1.82, 2.24) is 24.7 Å². The number of carbonyl (C=O) groups excluding carboxylic acids is 2. The Morgan fingerprint density at radius 1 is 1.47 bits per heavy atom. The molecule has 90 valence electrons. The van der Waals surface area contributed by atoms with Gasteiger partial charge in [-0.2, -0.15) is 0 Å². The maximum atomic E-state index is 12.1. The second kappa shape index (κ2) is 3.76. The largest absolute Gasteiger partial charge is 0.336 e. The average Bonchev–Trinajstić information content (AvgIpc) is 2.98. The van der Waals surface area contributed by atoms with E-state index >= 15 is 0 Å². The molecule has 7 heteroatoms. The molecule has 2 aliphatic heterocycles. The molecule has 0 bridgehead atoms. The Labute approximate surface area is 98.0 Å². The summed E-state index contributed by atoms with van der Waals surface area (Å²) < 4.78 is 1.46. The number of aromatic nitrogens is 2. The molecule has 3 amide bonds. The SMILES string of the molecule is O=C1NCC2CN(C(=O)n3ccnc3)CCN12. The molecule has 7 nitrogen and oxygen atoms in total. The molecule has 0 saturated carbocycles. The van der Waals surface area contributed by atoms with Crippen molar-refractivity contribution in [2.45, 2.75) is 6.04 Å². The monoisotopic (exact) mass is 235 g/mol. The minimum atomic E-state index is -0.0819. The fourth-order valence-electron chi connectivity index (χ4n) is 2.31. The van der Waals surface area contributed by atoms with Gasteiger partial charge in [0.15, 0.2) is 0 Å². The summed E-state index contributed by atoms with van der Waals surface area (Å²) in [6.07, 6.45) is 4.70. The van der Waals surface area contributed by atoms with E-state index in [1.54, 1.807) is 22.2 Å². The molecule has 17 heavy (non-hydrogen) atoms. The molecular formula is C10H13N5O2. The van der Waals surface area contributed by atoms with Crippen LogP contribution in [-0.4, -0.2) is 63.6 Å². The predicted octanol–water partition coefficient (Wildman–Crippen LogP) is -0.439. The third-order valence-electron chi connectivity index (χ3n) is 3.23. The summed E-state index contributed by atoms with van der Waals surface area (Å²) in [5.74, 6) is 0. The first-order valence-corrected chi connectivity index (χ1v) is 5.57. The zero-order chi connectivity index (χ0) is 11.8. The number of carbonyl (C=O) groups is 2. The fraction of sp³-hybridized carbons (Fsp3) is 0.500. The van der Waals surface area contributed by atoms with E-state index in [1.165, 1.54) is 10.9 Å². The maximum absolute atomic E-state index is 12.1. The quantitative estimate of drug-likeness (QED) is 0.662.